The van der Waals surface area contributed by atoms with Crippen molar-refractivity contribution in [2.24, 2.45) is 0 Å². The van der Waals surface area contributed by atoms with Crippen LogP contribution >= 0.6 is 11.3 Å². The topological polar surface area (TPSA) is 37.3 Å². The van der Waals surface area contributed by atoms with Crippen LogP contribution in [0.2, 0.25) is 0 Å². The zero-order valence-electron chi connectivity index (χ0n) is 6.50. The van der Waals surface area contributed by atoms with Gasteiger partial charge in [-0.05, 0) is 30.7 Å². The Morgan fingerprint density at radius 2 is 2.36 bits per heavy atom. The van der Waals surface area contributed by atoms with Gasteiger partial charge in [0, 0.05) is 5.56 Å². The van der Waals surface area contributed by atoms with E-state index in [9.17, 15) is 9.90 Å². The number of hydrogen-bond acceptors (Lipinski definition) is 3. The zero-order valence-corrected chi connectivity index (χ0v) is 7.31. The molecule has 0 aliphatic carbocycles. The molecule has 1 aromatic heterocycles. The van der Waals surface area contributed by atoms with Gasteiger partial charge in [-0.25, -0.2) is 0 Å². The molecule has 1 rings (SSSR count). The Morgan fingerprint density at radius 1 is 1.73 bits per heavy atom. The summed E-state index contributed by atoms with van der Waals surface area (Å²) in [6.45, 7) is 2.90. The molecule has 60 valence electrons. The molecular formula is C8H10O2S. The van der Waals surface area contributed by atoms with E-state index < -0.39 is 5.60 Å². The summed E-state index contributed by atoms with van der Waals surface area (Å²) >= 11 is 1.47. The molecule has 11 heavy (non-hydrogen) atoms. The number of carbonyl (C=O) groups is 1. The average molecular weight is 170 g/mol. The van der Waals surface area contributed by atoms with E-state index >= 15 is 0 Å². The van der Waals surface area contributed by atoms with Crippen molar-refractivity contribution in [2.45, 2.75) is 19.4 Å². The highest BCUT2D eigenvalue weighted by Gasteiger charge is 2.28. The first kappa shape index (κ1) is 8.43. The van der Waals surface area contributed by atoms with Crippen molar-refractivity contribution in [2.75, 3.05) is 0 Å². The Kier molecular flexibility index (Phi) is 2.11. The Hall–Kier alpha value is -0.670. The summed E-state index contributed by atoms with van der Waals surface area (Å²) in [5.74, 6) is -0.226. The van der Waals surface area contributed by atoms with Gasteiger partial charge in [-0.3, -0.25) is 4.79 Å². The van der Waals surface area contributed by atoms with Gasteiger partial charge in [0.15, 0.2) is 5.78 Å². The van der Waals surface area contributed by atoms with Crippen molar-refractivity contribution >= 4 is 17.1 Å². The summed E-state index contributed by atoms with van der Waals surface area (Å²) in [7, 11) is 0. The third-order valence-corrected chi connectivity index (χ3v) is 2.45. The van der Waals surface area contributed by atoms with Crippen LogP contribution in [0.3, 0.4) is 0 Å². The van der Waals surface area contributed by atoms with Gasteiger partial charge in [-0.1, -0.05) is 0 Å². The summed E-state index contributed by atoms with van der Waals surface area (Å²) in [5.41, 5.74) is -0.630. The molecule has 0 saturated heterocycles. The summed E-state index contributed by atoms with van der Waals surface area (Å²) in [5, 5.41) is 13.2. The van der Waals surface area contributed by atoms with Gasteiger partial charge in [0.2, 0.25) is 0 Å². The Balaban J connectivity index is 3.00. The van der Waals surface area contributed by atoms with Crippen molar-refractivity contribution < 1.29 is 9.90 Å². The minimum Gasteiger partial charge on any atom is -0.378 e. The van der Waals surface area contributed by atoms with E-state index in [1.807, 2.05) is 5.38 Å². The molecule has 0 radical (unpaired) electrons. The first-order valence-electron chi connectivity index (χ1n) is 3.31. The highest BCUT2D eigenvalue weighted by molar-refractivity contribution is 7.08. The van der Waals surface area contributed by atoms with Crippen LogP contribution in [-0.4, -0.2) is 10.9 Å². The van der Waals surface area contributed by atoms with Crippen LogP contribution < -0.4 is 0 Å². The lowest BCUT2D eigenvalue weighted by Gasteiger charge is -2.17. The molecular weight excluding hydrogens is 160 g/mol. The molecule has 3 heteroatoms. The van der Waals surface area contributed by atoms with Gasteiger partial charge < -0.3 is 5.11 Å². The molecule has 1 atom stereocenters. The first-order valence-corrected chi connectivity index (χ1v) is 4.25. The number of hydrogen-bond donors (Lipinski definition) is 1. The van der Waals surface area contributed by atoms with E-state index in [1.165, 1.54) is 25.2 Å². The predicted molar refractivity (Wildman–Crippen MR) is 44.6 cm³/mol. The van der Waals surface area contributed by atoms with E-state index in [0.29, 0.717) is 5.56 Å². The van der Waals surface area contributed by atoms with Gasteiger partial charge in [0.25, 0.3) is 0 Å². The molecule has 0 aromatic carbocycles. The van der Waals surface area contributed by atoms with Crippen LogP contribution in [0.4, 0.5) is 0 Å². The number of carbonyl (C=O) groups excluding carboxylic acids is 1. The predicted octanol–water partition coefficient (Wildman–Crippen LogP) is 1.54. The minimum atomic E-state index is -1.31. The molecule has 0 aliphatic heterocycles. The van der Waals surface area contributed by atoms with Crippen molar-refractivity contribution in [3.8, 4) is 0 Å². The normalized spacial score (nSPS) is 15.9. The van der Waals surface area contributed by atoms with Crippen LogP contribution in [0, 0.1) is 0 Å². The van der Waals surface area contributed by atoms with E-state index in [1.54, 1.807) is 11.4 Å². The van der Waals surface area contributed by atoms with Gasteiger partial charge in [0.1, 0.15) is 5.60 Å². The summed E-state index contributed by atoms with van der Waals surface area (Å²) in [4.78, 5) is 10.9. The van der Waals surface area contributed by atoms with E-state index in [2.05, 4.69) is 0 Å². The fourth-order valence-electron chi connectivity index (χ4n) is 0.745. The summed E-state index contributed by atoms with van der Waals surface area (Å²) in [6, 6.07) is 1.76. The highest BCUT2D eigenvalue weighted by atomic mass is 32.1. The Bertz CT molecular complexity index is 249. The van der Waals surface area contributed by atoms with Crippen molar-refractivity contribution in [3.63, 3.8) is 0 Å². The van der Waals surface area contributed by atoms with Crippen LogP contribution in [0.15, 0.2) is 16.8 Å². The molecule has 0 saturated carbocycles. The van der Waals surface area contributed by atoms with Crippen molar-refractivity contribution in [3.05, 3.63) is 22.4 Å². The second-order valence-electron chi connectivity index (χ2n) is 2.64. The van der Waals surface area contributed by atoms with Crippen LogP contribution in [0.5, 0.6) is 0 Å². The lowest BCUT2D eigenvalue weighted by atomic mass is 9.95. The molecule has 0 spiro atoms. The van der Waals surface area contributed by atoms with Gasteiger partial charge in [-0.2, -0.15) is 11.3 Å². The number of thiophene rings is 1. The van der Waals surface area contributed by atoms with E-state index in [0.717, 1.165) is 0 Å². The molecule has 2 nitrogen and oxygen atoms in total. The van der Waals surface area contributed by atoms with Crippen LogP contribution in [0.1, 0.15) is 19.4 Å². The third kappa shape index (κ3) is 1.49. The maximum atomic E-state index is 10.9. The minimum absolute atomic E-state index is 0.226. The second kappa shape index (κ2) is 2.75. The third-order valence-electron chi connectivity index (χ3n) is 1.77. The standard InChI is InChI=1S/C8H10O2S/c1-6(9)8(2,10)7-3-4-11-5-7/h3-5,10H,1-2H3. The fraction of sp³-hybridized carbons (Fsp3) is 0.375. The number of Topliss-reactive ketones (excluding diaryl/α,β-unsaturated/α-hetero) is 1. The SMILES string of the molecule is CC(=O)C(C)(O)c1ccsc1. The molecule has 0 bridgehead atoms. The van der Waals surface area contributed by atoms with E-state index in [4.69, 9.17) is 0 Å². The van der Waals surface area contributed by atoms with Crippen molar-refractivity contribution in [1.82, 2.24) is 0 Å². The number of rotatable bonds is 2. The van der Waals surface area contributed by atoms with Gasteiger partial charge in [-0.15, -0.1) is 0 Å². The van der Waals surface area contributed by atoms with Gasteiger partial charge >= 0.3 is 0 Å². The maximum absolute atomic E-state index is 10.9. The zero-order chi connectivity index (χ0) is 8.48. The lowest BCUT2D eigenvalue weighted by molar-refractivity contribution is -0.134. The average Bonchev–Trinajstić information content (AvgIpc) is 2.37. The first-order chi connectivity index (χ1) is 5.05. The van der Waals surface area contributed by atoms with Crippen LogP contribution in [0.25, 0.3) is 0 Å². The molecule has 1 N–H and O–H groups in total. The fourth-order valence-corrected chi connectivity index (χ4v) is 1.50. The van der Waals surface area contributed by atoms with Crippen molar-refractivity contribution in [1.29, 1.82) is 0 Å². The highest BCUT2D eigenvalue weighted by Crippen LogP contribution is 2.23. The number of aliphatic hydroxyl groups is 1. The van der Waals surface area contributed by atoms with Gasteiger partial charge in [0.05, 0.1) is 0 Å². The molecule has 0 amide bonds. The molecule has 1 unspecified atom stereocenters. The molecule has 0 aliphatic rings. The molecule has 1 heterocycles. The maximum Gasteiger partial charge on any atom is 0.165 e. The monoisotopic (exact) mass is 170 g/mol. The number of ketones is 1. The Labute approximate surface area is 69.5 Å². The lowest BCUT2D eigenvalue weighted by Crippen LogP contribution is -2.29. The largest absolute Gasteiger partial charge is 0.378 e. The summed E-state index contributed by atoms with van der Waals surface area (Å²) in [6.07, 6.45) is 0. The quantitative estimate of drug-likeness (QED) is 0.731. The molecule has 1 aromatic rings. The molecule has 0 fully saturated rings. The second-order valence-corrected chi connectivity index (χ2v) is 3.42. The van der Waals surface area contributed by atoms with E-state index in [-0.39, 0.29) is 5.78 Å². The smallest absolute Gasteiger partial charge is 0.165 e. The summed E-state index contributed by atoms with van der Waals surface area (Å²) < 4.78 is 0. The van der Waals surface area contributed by atoms with Crippen LogP contribution in [-0.2, 0) is 10.4 Å². The Morgan fingerprint density at radius 3 is 2.73 bits per heavy atom.